The van der Waals surface area contributed by atoms with Gasteiger partial charge in [-0.1, -0.05) is 30.8 Å². The predicted octanol–water partition coefficient (Wildman–Crippen LogP) is 1.83. The lowest BCUT2D eigenvalue weighted by molar-refractivity contribution is -0.131. The molecule has 1 saturated heterocycles. The quantitative estimate of drug-likeness (QED) is 0.675. The van der Waals surface area contributed by atoms with Crippen molar-refractivity contribution in [1.29, 1.82) is 0 Å². The Kier molecular flexibility index (Phi) is 6.96. The summed E-state index contributed by atoms with van der Waals surface area (Å²) in [6.07, 6.45) is 10.1. The Labute approximate surface area is 187 Å². The van der Waals surface area contributed by atoms with Crippen LogP contribution in [0.15, 0.2) is 23.0 Å². The van der Waals surface area contributed by atoms with Gasteiger partial charge in [0.15, 0.2) is 5.82 Å². The van der Waals surface area contributed by atoms with E-state index in [1.807, 2.05) is 4.90 Å². The summed E-state index contributed by atoms with van der Waals surface area (Å²) in [5.74, 6) is 1.66. The van der Waals surface area contributed by atoms with Crippen molar-refractivity contribution in [2.75, 3.05) is 31.1 Å². The number of aryl methyl sites for hydroxylation is 1. The van der Waals surface area contributed by atoms with Crippen molar-refractivity contribution in [2.45, 2.75) is 63.8 Å². The third-order valence-electron chi connectivity index (χ3n) is 6.29. The molecule has 0 radical (unpaired) electrons. The van der Waals surface area contributed by atoms with Crippen LogP contribution in [-0.2, 0) is 21.5 Å². The first-order valence-corrected chi connectivity index (χ1v) is 11.5. The predicted molar refractivity (Wildman–Crippen MR) is 117 cm³/mol. The number of rotatable bonds is 6. The number of carbonyl (C=O) groups is 2. The van der Waals surface area contributed by atoms with Crippen molar-refractivity contribution in [3.8, 4) is 0 Å². The molecule has 172 valence electrons. The molecule has 4 rings (SSSR count). The average molecular weight is 442 g/mol. The van der Waals surface area contributed by atoms with Crippen molar-refractivity contribution in [2.24, 2.45) is 0 Å². The Hall–Kier alpha value is -3.04. The number of nitrogens with zero attached hydrogens (tertiary/aromatic N) is 6. The highest BCUT2D eigenvalue weighted by Gasteiger charge is 2.38. The Morgan fingerprint density at radius 1 is 1.06 bits per heavy atom. The fourth-order valence-corrected chi connectivity index (χ4v) is 4.61. The van der Waals surface area contributed by atoms with Crippen LogP contribution in [0, 0.1) is 0 Å². The number of aromatic nitrogens is 4. The van der Waals surface area contributed by atoms with Crippen LogP contribution in [0.4, 0.5) is 5.95 Å². The Balaban J connectivity index is 1.32. The molecule has 2 aliphatic rings. The summed E-state index contributed by atoms with van der Waals surface area (Å²) in [6, 6.07) is 1.79. The molecule has 0 unspecified atom stereocenters. The molecule has 2 aromatic heterocycles. The van der Waals surface area contributed by atoms with Crippen molar-refractivity contribution in [3.63, 3.8) is 0 Å². The third-order valence-corrected chi connectivity index (χ3v) is 6.29. The van der Waals surface area contributed by atoms with Gasteiger partial charge in [0.1, 0.15) is 5.54 Å². The van der Waals surface area contributed by atoms with Gasteiger partial charge in [-0.15, -0.1) is 0 Å². The van der Waals surface area contributed by atoms with Crippen LogP contribution in [0.5, 0.6) is 0 Å². The molecule has 32 heavy (non-hydrogen) atoms. The smallest absolute Gasteiger partial charge is 0.227 e. The lowest BCUT2D eigenvalue weighted by Crippen LogP contribution is -2.49. The fourth-order valence-electron chi connectivity index (χ4n) is 4.61. The monoisotopic (exact) mass is 441 g/mol. The van der Waals surface area contributed by atoms with E-state index < -0.39 is 5.54 Å². The zero-order valence-corrected chi connectivity index (χ0v) is 18.6. The normalized spacial score (nSPS) is 18.8. The van der Waals surface area contributed by atoms with Crippen molar-refractivity contribution in [1.82, 2.24) is 30.3 Å². The Bertz CT molecular complexity index is 901. The van der Waals surface area contributed by atoms with Gasteiger partial charge >= 0.3 is 0 Å². The second kappa shape index (κ2) is 10.1. The summed E-state index contributed by atoms with van der Waals surface area (Å²) in [5.41, 5.74) is -0.566. The van der Waals surface area contributed by atoms with Crippen LogP contribution in [0.3, 0.4) is 0 Å². The summed E-state index contributed by atoms with van der Waals surface area (Å²) in [5, 5.41) is 7.28. The van der Waals surface area contributed by atoms with Gasteiger partial charge in [0.2, 0.25) is 23.7 Å². The van der Waals surface area contributed by atoms with Crippen molar-refractivity contribution < 1.29 is 14.1 Å². The SMILES string of the molecule is CC(=O)NC1(c2noc(CCC(=O)N3CCN(c4ncccn4)CC3)n2)CCCCCC1. The highest BCUT2D eigenvalue weighted by molar-refractivity contribution is 5.76. The average Bonchev–Trinajstić information content (AvgIpc) is 3.18. The highest BCUT2D eigenvalue weighted by Crippen LogP contribution is 2.34. The van der Waals surface area contributed by atoms with Gasteiger partial charge in [0, 0.05) is 58.3 Å². The molecule has 2 aromatic rings. The van der Waals surface area contributed by atoms with Gasteiger partial charge in [-0.05, 0) is 18.9 Å². The first-order chi connectivity index (χ1) is 15.6. The molecule has 10 heteroatoms. The van der Waals surface area contributed by atoms with Crippen LogP contribution in [0.1, 0.15) is 63.6 Å². The summed E-state index contributed by atoms with van der Waals surface area (Å²) in [7, 11) is 0. The van der Waals surface area contributed by atoms with Gasteiger partial charge in [-0.2, -0.15) is 4.98 Å². The molecule has 10 nitrogen and oxygen atoms in total. The largest absolute Gasteiger partial charge is 0.343 e. The molecule has 0 aromatic carbocycles. The maximum absolute atomic E-state index is 12.7. The standard InChI is InChI=1S/C22H31N7O3/c1-17(30)26-22(9-4-2-3-5-10-22)20-25-18(32-27-20)7-8-19(31)28-13-15-29(16-14-28)21-23-11-6-12-24-21/h6,11-12H,2-5,7-10,13-16H2,1H3,(H,26,30). The molecule has 0 spiro atoms. The fraction of sp³-hybridized carbons (Fsp3) is 0.636. The summed E-state index contributed by atoms with van der Waals surface area (Å²) in [6.45, 7) is 4.21. The number of amides is 2. The minimum Gasteiger partial charge on any atom is -0.343 e. The maximum Gasteiger partial charge on any atom is 0.227 e. The number of nitrogens with one attached hydrogen (secondary N) is 1. The van der Waals surface area contributed by atoms with E-state index in [4.69, 9.17) is 4.52 Å². The summed E-state index contributed by atoms with van der Waals surface area (Å²) in [4.78, 5) is 41.6. The molecule has 0 atom stereocenters. The van der Waals surface area contributed by atoms with E-state index in [1.54, 1.807) is 18.5 Å². The third kappa shape index (κ3) is 5.23. The molecule has 0 bridgehead atoms. The molecule has 1 aliphatic heterocycles. The van der Waals surface area contributed by atoms with E-state index in [-0.39, 0.29) is 11.8 Å². The minimum absolute atomic E-state index is 0.0735. The van der Waals surface area contributed by atoms with Crippen LogP contribution < -0.4 is 10.2 Å². The molecule has 1 N–H and O–H groups in total. The number of hydrogen-bond donors (Lipinski definition) is 1. The number of piperazine rings is 1. The van der Waals surface area contributed by atoms with Gasteiger partial charge in [-0.3, -0.25) is 9.59 Å². The molecular formula is C22H31N7O3. The van der Waals surface area contributed by atoms with Crippen molar-refractivity contribution >= 4 is 17.8 Å². The lowest BCUT2D eigenvalue weighted by Gasteiger charge is -2.34. The van der Waals surface area contributed by atoms with E-state index in [9.17, 15) is 9.59 Å². The first-order valence-electron chi connectivity index (χ1n) is 11.5. The second-order valence-electron chi connectivity index (χ2n) is 8.61. The minimum atomic E-state index is -0.566. The lowest BCUT2D eigenvalue weighted by atomic mass is 9.89. The Morgan fingerprint density at radius 2 is 1.75 bits per heavy atom. The van der Waals surface area contributed by atoms with Gasteiger partial charge in [0.05, 0.1) is 0 Å². The van der Waals surface area contributed by atoms with E-state index >= 15 is 0 Å². The van der Waals surface area contributed by atoms with Crippen LogP contribution >= 0.6 is 0 Å². The van der Waals surface area contributed by atoms with E-state index in [2.05, 4.69) is 30.3 Å². The topological polar surface area (TPSA) is 117 Å². The molecule has 1 aliphatic carbocycles. The van der Waals surface area contributed by atoms with Gasteiger partial charge < -0.3 is 19.6 Å². The van der Waals surface area contributed by atoms with Gasteiger partial charge in [-0.25, -0.2) is 9.97 Å². The zero-order valence-electron chi connectivity index (χ0n) is 18.6. The second-order valence-corrected chi connectivity index (χ2v) is 8.61. The van der Waals surface area contributed by atoms with Gasteiger partial charge in [0.25, 0.3) is 0 Å². The molecule has 1 saturated carbocycles. The van der Waals surface area contributed by atoms with E-state index in [0.717, 1.165) is 38.5 Å². The summed E-state index contributed by atoms with van der Waals surface area (Å²) >= 11 is 0. The van der Waals surface area contributed by atoms with Crippen LogP contribution in [0.25, 0.3) is 0 Å². The van der Waals surface area contributed by atoms with E-state index in [1.165, 1.54) is 6.92 Å². The van der Waals surface area contributed by atoms with Crippen LogP contribution in [0.2, 0.25) is 0 Å². The number of anilines is 1. The summed E-state index contributed by atoms with van der Waals surface area (Å²) < 4.78 is 5.47. The number of carbonyl (C=O) groups excluding carboxylic acids is 2. The molecule has 3 heterocycles. The first kappa shape index (κ1) is 22.2. The molecule has 2 fully saturated rings. The number of hydrogen-bond acceptors (Lipinski definition) is 8. The highest BCUT2D eigenvalue weighted by atomic mass is 16.5. The maximum atomic E-state index is 12.7. The van der Waals surface area contributed by atoms with Crippen molar-refractivity contribution in [3.05, 3.63) is 30.2 Å². The van der Waals surface area contributed by atoms with Crippen LogP contribution in [-0.4, -0.2) is 63.0 Å². The van der Waals surface area contributed by atoms with E-state index in [0.29, 0.717) is 56.7 Å². The zero-order chi connectivity index (χ0) is 22.4. The Morgan fingerprint density at radius 3 is 2.41 bits per heavy atom. The molecular weight excluding hydrogens is 410 g/mol. The molecule has 2 amide bonds.